The van der Waals surface area contributed by atoms with Crippen LogP contribution < -0.4 is 20.7 Å². The molecule has 0 unspecified atom stereocenters. The quantitative estimate of drug-likeness (QED) is 0.327. The molecule has 1 aliphatic heterocycles. The van der Waals surface area contributed by atoms with Gasteiger partial charge < -0.3 is 25.8 Å². The van der Waals surface area contributed by atoms with Gasteiger partial charge in [0.15, 0.2) is 5.82 Å². The van der Waals surface area contributed by atoms with Crippen molar-refractivity contribution in [3.05, 3.63) is 71.4 Å². The highest BCUT2D eigenvalue weighted by molar-refractivity contribution is 6.33. The molecule has 8 nitrogen and oxygen atoms in total. The van der Waals surface area contributed by atoms with E-state index in [1.54, 1.807) is 31.4 Å². The number of para-hydroxylation sites is 1. The number of rotatable bonds is 8. The zero-order chi connectivity index (χ0) is 24.1. The average Bonchev–Trinajstić information content (AvgIpc) is 2.86. The Bertz CT molecular complexity index is 1210. The van der Waals surface area contributed by atoms with Gasteiger partial charge in [-0.05, 0) is 55.6 Å². The fourth-order valence-corrected chi connectivity index (χ4v) is 4.09. The van der Waals surface area contributed by atoms with E-state index >= 15 is 0 Å². The summed E-state index contributed by atoms with van der Waals surface area (Å²) in [5, 5.41) is 19.3. The van der Waals surface area contributed by atoms with Gasteiger partial charge >= 0.3 is 5.97 Å². The molecular formula is C25H26ClN5O3. The molecule has 2 aromatic carbocycles. The monoisotopic (exact) mass is 479 g/mol. The maximum absolute atomic E-state index is 11.4. The third kappa shape index (κ3) is 5.30. The van der Waals surface area contributed by atoms with Crippen molar-refractivity contribution in [2.75, 3.05) is 30.8 Å². The Balaban J connectivity index is 1.58. The summed E-state index contributed by atoms with van der Waals surface area (Å²) in [7, 11) is 1.63. The highest BCUT2D eigenvalue weighted by Crippen LogP contribution is 2.34. The first-order chi connectivity index (χ1) is 16.5. The zero-order valence-corrected chi connectivity index (χ0v) is 19.5. The SMILES string of the molecule is C=C(C(=O)O)c1ccccc1Nc1nc(Nc2ccc(C3CCNCC3)cc2OC)ncc1Cl. The fraction of sp³-hybridized carbons (Fsp3) is 0.240. The second-order valence-electron chi connectivity index (χ2n) is 7.95. The Morgan fingerprint density at radius 1 is 1.18 bits per heavy atom. The summed E-state index contributed by atoms with van der Waals surface area (Å²) in [6.45, 7) is 5.68. The summed E-state index contributed by atoms with van der Waals surface area (Å²) in [4.78, 5) is 20.2. The zero-order valence-electron chi connectivity index (χ0n) is 18.8. The van der Waals surface area contributed by atoms with E-state index in [1.807, 2.05) is 6.07 Å². The van der Waals surface area contributed by atoms with Crippen LogP contribution >= 0.6 is 11.6 Å². The van der Waals surface area contributed by atoms with Crippen molar-refractivity contribution in [2.24, 2.45) is 0 Å². The third-order valence-electron chi connectivity index (χ3n) is 5.79. The lowest BCUT2D eigenvalue weighted by atomic mass is 9.90. The molecule has 9 heteroatoms. The van der Waals surface area contributed by atoms with E-state index in [4.69, 9.17) is 16.3 Å². The van der Waals surface area contributed by atoms with Crippen LogP contribution in [-0.4, -0.2) is 41.2 Å². The van der Waals surface area contributed by atoms with Crippen LogP contribution in [0.4, 0.5) is 23.1 Å². The average molecular weight is 480 g/mol. The van der Waals surface area contributed by atoms with E-state index < -0.39 is 5.97 Å². The number of benzene rings is 2. The van der Waals surface area contributed by atoms with Crippen molar-refractivity contribution in [3.63, 3.8) is 0 Å². The van der Waals surface area contributed by atoms with Crippen LogP contribution in [0.3, 0.4) is 0 Å². The number of hydrogen-bond donors (Lipinski definition) is 4. The molecule has 0 aliphatic carbocycles. The van der Waals surface area contributed by atoms with Crippen molar-refractivity contribution in [1.82, 2.24) is 15.3 Å². The minimum Gasteiger partial charge on any atom is -0.495 e. The summed E-state index contributed by atoms with van der Waals surface area (Å²) in [5.41, 5.74) is 2.90. The van der Waals surface area contributed by atoms with Crippen LogP contribution in [0.25, 0.3) is 5.57 Å². The van der Waals surface area contributed by atoms with Gasteiger partial charge in [0.25, 0.3) is 0 Å². The summed E-state index contributed by atoms with van der Waals surface area (Å²) in [6.07, 6.45) is 3.67. The van der Waals surface area contributed by atoms with Gasteiger partial charge in [-0.2, -0.15) is 4.98 Å². The molecule has 34 heavy (non-hydrogen) atoms. The maximum atomic E-state index is 11.4. The number of hydrogen-bond acceptors (Lipinski definition) is 7. The molecule has 3 aromatic rings. The number of aliphatic carboxylic acids is 1. The van der Waals surface area contributed by atoms with Gasteiger partial charge in [0.05, 0.1) is 24.6 Å². The molecule has 1 aliphatic rings. The highest BCUT2D eigenvalue weighted by atomic mass is 35.5. The molecular weight excluding hydrogens is 454 g/mol. The van der Waals surface area contributed by atoms with Crippen molar-refractivity contribution in [3.8, 4) is 5.75 Å². The number of carboxylic acids is 1. The van der Waals surface area contributed by atoms with Gasteiger partial charge in [0, 0.05) is 11.3 Å². The molecule has 0 atom stereocenters. The summed E-state index contributed by atoms with van der Waals surface area (Å²) in [5.74, 6) is 0.745. The van der Waals surface area contributed by atoms with Crippen molar-refractivity contribution in [1.29, 1.82) is 0 Å². The van der Waals surface area contributed by atoms with Gasteiger partial charge in [0.1, 0.15) is 10.8 Å². The Morgan fingerprint density at radius 2 is 1.94 bits per heavy atom. The number of methoxy groups -OCH3 is 1. The normalized spacial score (nSPS) is 13.8. The second kappa shape index (κ2) is 10.5. The number of carbonyl (C=O) groups is 1. The Hall–Kier alpha value is -3.62. The number of halogens is 1. The van der Waals surface area contributed by atoms with Crippen molar-refractivity contribution in [2.45, 2.75) is 18.8 Å². The summed E-state index contributed by atoms with van der Waals surface area (Å²) in [6, 6.07) is 13.0. The molecule has 176 valence electrons. The molecule has 4 N–H and O–H groups in total. The molecule has 1 fully saturated rings. The van der Waals surface area contributed by atoms with Gasteiger partial charge in [0.2, 0.25) is 5.95 Å². The van der Waals surface area contributed by atoms with Gasteiger partial charge in [-0.1, -0.05) is 42.4 Å². The Labute approximate surface area is 203 Å². The van der Waals surface area contributed by atoms with Gasteiger partial charge in [-0.25, -0.2) is 9.78 Å². The highest BCUT2D eigenvalue weighted by Gasteiger charge is 2.18. The van der Waals surface area contributed by atoms with E-state index in [9.17, 15) is 9.90 Å². The molecule has 0 spiro atoms. The van der Waals surface area contributed by atoms with E-state index in [2.05, 4.69) is 44.6 Å². The lowest BCUT2D eigenvalue weighted by Gasteiger charge is -2.24. The number of carboxylic acid groups (broad SMARTS) is 1. The Kier molecular flexibility index (Phi) is 7.30. The minimum absolute atomic E-state index is 0.0369. The topological polar surface area (TPSA) is 108 Å². The van der Waals surface area contributed by atoms with Crippen molar-refractivity contribution < 1.29 is 14.6 Å². The Morgan fingerprint density at radius 3 is 2.68 bits per heavy atom. The van der Waals surface area contributed by atoms with Gasteiger partial charge in [-0.15, -0.1) is 0 Å². The number of aromatic nitrogens is 2. The number of anilines is 4. The van der Waals surface area contributed by atoms with E-state index in [0.29, 0.717) is 34.7 Å². The molecule has 2 heterocycles. The largest absolute Gasteiger partial charge is 0.495 e. The first-order valence-corrected chi connectivity index (χ1v) is 11.3. The predicted octanol–water partition coefficient (Wildman–Crippen LogP) is 5.19. The number of piperidine rings is 1. The number of nitrogens with zero attached hydrogens (tertiary/aromatic N) is 2. The molecule has 0 bridgehead atoms. The van der Waals surface area contributed by atoms with Crippen LogP contribution in [0.2, 0.25) is 5.02 Å². The van der Waals surface area contributed by atoms with Crippen LogP contribution in [0, 0.1) is 0 Å². The lowest BCUT2D eigenvalue weighted by molar-refractivity contribution is -0.130. The summed E-state index contributed by atoms with van der Waals surface area (Å²) < 4.78 is 5.62. The van der Waals surface area contributed by atoms with Crippen LogP contribution in [0.1, 0.15) is 29.9 Å². The standard InChI is InChI=1S/C25H26ClN5O3/c1-15(24(32)33)18-5-3-4-6-20(18)29-23-19(26)14-28-25(31-23)30-21-8-7-17(13-22(21)34-2)16-9-11-27-12-10-16/h3-8,13-14,16,27H,1,9-12H2,2H3,(H,32,33)(H2,28,29,30,31). The van der Waals surface area contributed by atoms with E-state index in [1.165, 1.54) is 11.8 Å². The molecule has 1 saturated heterocycles. The molecule has 0 amide bonds. The van der Waals surface area contributed by atoms with Crippen LogP contribution in [-0.2, 0) is 4.79 Å². The van der Waals surface area contributed by atoms with Crippen molar-refractivity contribution >= 4 is 46.3 Å². The fourth-order valence-electron chi connectivity index (χ4n) is 3.95. The first kappa shape index (κ1) is 23.5. The predicted molar refractivity (Wildman–Crippen MR) is 135 cm³/mol. The molecule has 0 saturated carbocycles. The second-order valence-corrected chi connectivity index (χ2v) is 8.36. The van der Waals surface area contributed by atoms with Gasteiger partial charge in [-0.3, -0.25) is 0 Å². The third-order valence-corrected chi connectivity index (χ3v) is 6.07. The summed E-state index contributed by atoms with van der Waals surface area (Å²) >= 11 is 6.33. The van der Waals surface area contributed by atoms with Crippen LogP contribution in [0.5, 0.6) is 5.75 Å². The van der Waals surface area contributed by atoms with E-state index in [-0.39, 0.29) is 10.6 Å². The smallest absolute Gasteiger partial charge is 0.335 e. The van der Waals surface area contributed by atoms with Crippen LogP contribution in [0.15, 0.2) is 55.2 Å². The molecule has 4 rings (SSSR count). The first-order valence-electron chi connectivity index (χ1n) is 10.9. The van der Waals surface area contributed by atoms with E-state index in [0.717, 1.165) is 31.6 Å². The molecule has 1 aromatic heterocycles. The maximum Gasteiger partial charge on any atom is 0.335 e. The number of ether oxygens (including phenoxy) is 1. The lowest BCUT2D eigenvalue weighted by Crippen LogP contribution is -2.26. The minimum atomic E-state index is -1.11. The number of nitrogens with one attached hydrogen (secondary N) is 3. The molecule has 0 radical (unpaired) electrons.